The van der Waals surface area contributed by atoms with Gasteiger partial charge < -0.3 is 9.84 Å². The molecule has 0 saturated heterocycles. The molecule has 4 aromatic rings. The summed E-state index contributed by atoms with van der Waals surface area (Å²) in [7, 11) is 1.75. The first-order chi connectivity index (χ1) is 14.6. The number of hydrogen-bond acceptors (Lipinski definition) is 2. The highest BCUT2D eigenvalue weighted by atomic mass is 16.5. The lowest BCUT2D eigenvalue weighted by Crippen LogP contribution is -2.22. The Kier molecular flexibility index (Phi) is 5.21. The van der Waals surface area contributed by atoms with E-state index in [4.69, 9.17) is 4.74 Å². The molecule has 0 bridgehead atoms. The number of ether oxygens (including phenoxy) is 1. The predicted molar refractivity (Wildman–Crippen MR) is 132 cm³/mol. The van der Waals surface area contributed by atoms with Crippen LogP contribution in [0.2, 0.25) is 0 Å². The van der Waals surface area contributed by atoms with E-state index in [9.17, 15) is 5.11 Å². The van der Waals surface area contributed by atoms with Crippen LogP contribution in [-0.4, -0.2) is 12.2 Å². The standard InChI is InChI=1S/C29H32O2/c1-28(2,3)27-23-14-10-9-13-22(23)21(17-26(27)31-6)18-29(4,5)24-15-19-11-7-8-12-20(19)16-25(24)30/h7-17,30H,18H2,1-6H3. The Balaban J connectivity index is 1.88. The monoisotopic (exact) mass is 412 g/mol. The molecule has 1 N–H and O–H groups in total. The van der Waals surface area contributed by atoms with Crippen LogP contribution in [0.15, 0.2) is 66.7 Å². The van der Waals surface area contributed by atoms with E-state index in [1.54, 1.807) is 7.11 Å². The first-order valence-corrected chi connectivity index (χ1v) is 10.9. The zero-order valence-corrected chi connectivity index (χ0v) is 19.4. The summed E-state index contributed by atoms with van der Waals surface area (Å²) in [6.45, 7) is 11.1. The average molecular weight is 413 g/mol. The molecule has 0 aliphatic heterocycles. The van der Waals surface area contributed by atoms with Gasteiger partial charge in [-0.3, -0.25) is 0 Å². The average Bonchev–Trinajstić information content (AvgIpc) is 2.71. The third kappa shape index (κ3) is 3.87. The van der Waals surface area contributed by atoms with Gasteiger partial charge in [-0.1, -0.05) is 83.1 Å². The lowest BCUT2D eigenvalue weighted by atomic mass is 9.75. The third-order valence-corrected chi connectivity index (χ3v) is 6.29. The van der Waals surface area contributed by atoms with Crippen molar-refractivity contribution < 1.29 is 9.84 Å². The van der Waals surface area contributed by atoms with Crippen molar-refractivity contribution in [1.29, 1.82) is 0 Å². The fraction of sp³-hybridized carbons (Fsp3) is 0.310. The van der Waals surface area contributed by atoms with E-state index < -0.39 is 0 Å². The minimum atomic E-state index is -0.259. The zero-order valence-electron chi connectivity index (χ0n) is 19.4. The zero-order chi connectivity index (χ0) is 22.4. The highest BCUT2D eigenvalue weighted by Gasteiger charge is 2.28. The molecular weight excluding hydrogens is 380 g/mol. The Hall–Kier alpha value is -3.00. The largest absolute Gasteiger partial charge is 0.508 e. The Labute approximate surface area is 185 Å². The molecule has 2 heteroatoms. The van der Waals surface area contributed by atoms with Gasteiger partial charge in [-0.2, -0.15) is 0 Å². The molecule has 4 aromatic carbocycles. The minimum Gasteiger partial charge on any atom is -0.508 e. The molecule has 160 valence electrons. The van der Waals surface area contributed by atoms with Crippen molar-refractivity contribution in [2.45, 2.75) is 51.9 Å². The van der Waals surface area contributed by atoms with Crippen LogP contribution < -0.4 is 4.74 Å². The molecule has 31 heavy (non-hydrogen) atoms. The third-order valence-electron chi connectivity index (χ3n) is 6.29. The topological polar surface area (TPSA) is 29.5 Å². The number of hydrogen-bond donors (Lipinski definition) is 1. The second kappa shape index (κ2) is 7.60. The summed E-state index contributed by atoms with van der Waals surface area (Å²) in [5.74, 6) is 1.28. The SMILES string of the molecule is COc1cc(CC(C)(C)c2cc3ccccc3cc2O)c2ccccc2c1C(C)(C)C. The molecule has 0 fully saturated rings. The van der Waals surface area contributed by atoms with E-state index >= 15 is 0 Å². The first kappa shape index (κ1) is 21.2. The summed E-state index contributed by atoms with van der Waals surface area (Å²) in [4.78, 5) is 0. The number of methoxy groups -OCH3 is 1. The molecule has 0 unspecified atom stereocenters. The van der Waals surface area contributed by atoms with Crippen molar-refractivity contribution in [2.24, 2.45) is 0 Å². The van der Waals surface area contributed by atoms with Gasteiger partial charge in [0.2, 0.25) is 0 Å². The van der Waals surface area contributed by atoms with Crippen molar-refractivity contribution in [3.8, 4) is 11.5 Å². The van der Waals surface area contributed by atoms with E-state index in [2.05, 4.69) is 77.1 Å². The molecule has 0 saturated carbocycles. The molecule has 0 heterocycles. The Morgan fingerprint density at radius 1 is 0.774 bits per heavy atom. The van der Waals surface area contributed by atoms with Gasteiger partial charge in [-0.25, -0.2) is 0 Å². The number of phenols is 1. The summed E-state index contributed by atoms with van der Waals surface area (Å²) in [6.07, 6.45) is 0.792. The van der Waals surface area contributed by atoms with Crippen molar-refractivity contribution in [1.82, 2.24) is 0 Å². The summed E-state index contributed by atoms with van der Waals surface area (Å²) in [5.41, 5.74) is 3.15. The molecule has 0 amide bonds. The van der Waals surface area contributed by atoms with Crippen LogP contribution in [0.5, 0.6) is 11.5 Å². The van der Waals surface area contributed by atoms with Crippen LogP contribution >= 0.6 is 0 Å². The number of rotatable bonds is 4. The molecule has 4 rings (SSSR count). The molecule has 0 aromatic heterocycles. The molecule has 0 atom stereocenters. The van der Waals surface area contributed by atoms with Crippen molar-refractivity contribution in [3.63, 3.8) is 0 Å². The summed E-state index contributed by atoms with van der Waals surface area (Å²) in [5, 5.41) is 15.6. The van der Waals surface area contributed by atoms with Crippen molar-refractivity contribution >= 4 is 21.5 Å². The van der Waals surface area contributed by atoms with Crippen LogP contribution in [-0.2, 0) is 17.3 Å². The first-order valence-electron chi connectivity index (χ1n) is 10.9. The summed E-state index contributed by atoms with van der Waals surface area (Å²) in [6, 6.07) is 23.0. The maximum absolute atomic E-state index is 10.9. The van der Waals surface area contributed by atoms with Crippen LogP contribution in [0, 0.1) is 0 Å². The van der Waals surface area contributed by atoms with Gasteiger partial charge in [0.25, 0.3) is 0 Å². The van der Waals surface area contributed by atoms with Gasteiger partial charge in [0, 0.05) is 11.1 Å². The maximum atomic E-state index is 10.9. The highest BCUT2D eigenvalue weighted by molar-refractivity contribution is 5.92. The minimum absolute atomic E-state index is 0.0321. The Morgan fingerprint density at radius 2 is 1.35 bits per heavy atom. The molecular formula is C29H32O2. The van der Waals surface area contributed by atoms with Crippen molar-refractivity contribution in [2.75, 3.05) is 7.11 Å². The second-order valence-corrected chi connectivity index (χ2v) is 10.2. The molecule has 0 spiro atoms. The second-order valence-electron chi connectivity index (χ2n) is 10.2. The smallest absolute Gasteiger partial charge is 0.123 e. The molecule has 0 radical (unpaired) electrons. The predicted octanol–water partition coefficient (Wildman–Crippen LogP) is 7.53. The Morgan fingerprint density at radius 3 is 1.97 bits per heavy atom. The van der Waals surface area contributed by atoms with Gasteiger partial charge in [0.05, 0.1) is 7.11 Å². The van der Waals surface area contributed by atoms with Gasteiger partial charge in [0.15, 0.2) is 0 Å². The van der Waals surface area contributed by atoms with Crippen LogP contribution in [0.1, 0.15) is 51.3 Å². The van der Waals surface area contributed by atoms with Gasteiger partial charge in [0.1, 0.15) is 11.5 Å². The fourth-order valence-electron chi connectivity index (χ4n) is 4.84. The molecule has 2 nitrogen and oxygen atoms in total. The number of phenolic OH excluding ortho intramolecular Hbond substituents is 1. The maximum Gasteiger partial charge on any atom is 0.123 e. The van der Waals surface area contributed by atoms with E-state index in [1.807, 2.05) is 24.3 Å². The van der Waals surface area contributed by atoms with Crippen LogP contribution in [0.3, 0.4) is 0 Å². The van der Waals surface area contributed by atoms with Crippen LogP contribution in [0.4, 0.5) is 0 Å². The Bertz CT molecular complexity index is 1260. The van der Waals surface area contributed by atoms with E-state index in [1.165, 1.54) is 21.9 Å². The summed E-state index contributed by atoms with van der Waals surface area (Å²) < 4.78 is 5.87. The van der Waals surface area contributed by atoms with E-state index in [0.717, 1.165) is 28.5 Å². The normalized spacial score (nSPS) is 12.5. The van der Waals surface area contributed by atoms with Gasteiger partial charge >= 0.3 is 0 Å². The lowest BCUT2D eigenvalue weighted by Gasteiger charge is -2.30. The fourth-order valence-corrected chi connectivity index (χ4v) is 4.84. The number of aromatic hydroxyl groups is 1. The highest BCUT2D eigenvalue weighted by Crippen LogP contribution is 2.43. The van der Waals surface area contributed by atoms with Gasteiger partial charge in [-0.05, 0) is 62.6 Å². The lowest BCUT2D eigenvalue weighted by molar-refractivity contribution is 0.397. The van der Waals surface area contributed by atoms with Crippen molar-refractivity contribution in [3.05, 3.63) is 83.4 Å². The molecule has 0 aliphatic rings. The number of fused-ring (bicyclic) bond motifs is 2. The van der Waals surface area contributed by atoms with Crippen LogP contribution in [0.25, 0.3) is 21.5 Å². The quantitative estimate of drug-likeness (QED) is 0.375. The number of benzene rings is 4. The molecule has 0 aliphatic carbocycles. The van der Waals surface area contributed by atoms with Gasteiger partial charge in [-0.15, -0.1) is 0 Å². The summed E-state index contributed by atoms with van der Waals surface area (Å²) >= 11 is 0. The van der Waals surface area contributed by atoms with E-state index in [0.29, 0.717) is 5.75 Å². The van der Waals surface area contributed by atoms with E-state index in [-0.39, 0.29) is 10.8 Å².